The molecule has 13 heteroatoms. The van der Waals surface area contributed by atoms with Crippen LogP contribution in [0.4, 0.5) is 0 Å². The van der Waals surface area contributed by atoms with Crippen molar-refractivity contribution in [2.75, 3.05) is 13.7 Å². The van der Waals surface area contributed by atoms with Crippen molar-refractivity contribution in [1.82, 2.24) is 16.0 Å². The van der Waals surface area contributed by atoms with E-state index in [2.05, 4.69) is 20.7 Å². The molecule has 216 valence electrons. The molecule has 4 bridgehead atoms. The van der Waals surface area contributed by atoms with E-state index in [4.69, 9.17) is 11.5 Å². The molecule has 0 saturated carbocycles. The summed E-state index contributed by atoms with van der Waals surface area (Å²) in [5.74, 6) is -3.26. The second kappa shape index (κ2) is 13.2. The molecule has 0 unspecified atom stereocenters. The van der Waals surface area contributed by atoms with E-state index in [-0.39, 0.29) is 37.3 Å². The molecule has 0 spiro atoms. The largest absolute Gasteiger partial charge is 0.508 e. The summed E-state index contributed by atoms with van der Waals surface area (Å²) in [4.78, 5) is 51.5. The Morgan fingerprint density at radius 1 is 1.02 bits per heavy atom. The lowest BCUT2D eigenvalue weighted by Crippen LogP contribution is -2.58. The Kier molecular flexibility index (Phi) is 10.0. The summed E-state index contributed by atoms with van der Waals surface area (Å²) in [5, 5.41) is 38.7. The molecule has 1 aliphatic heterocycles. The smallest absolute Gasteiger partial charge is 0.328 e. The van der Waals surface area contributed by atoms with E-state index in [9.17, 15) is 34.5 Å². The van der Waals surface area contributed by atoms with Crippen LogP contribution in [0, 0.1) is 0 Å². The molecule has 3 amide bonds. The molecule has 3 rings (SSSR count). The number of fused-ring (bicyclic) bond motifs is 5. The highest BCUT2D eigenvalue weighted by molar-refractivity contribution is 5.94. The highest BCUT2D eigenvalue weighted by Crippen LogP contribution is 2.30. The molecule has 0 radical (unpaired) electrons. The predicted octanol–water partition coefficient (Wildman–Crippen LogP) is -1.45. The highest BCUT2D eigenvalue weighted by atomic mass is 16.5. The lowest BCUT2D eigenvalue weighted by Gasteiger charge is -2.26. The van der Waals surface area contributed by atoms with Gasteiger partial charge in [0.2, 0.25) is 17.7 Å². The Hall–Kier alpha value is -4.20. The van der Waals surface area contributed by atoms with Crippen molar-refractivity contribution in [3.05, 3.63) is 47.5 Å². The van der Waals surface area contributed by atoms with Crippen molar-refractivity contribution in [1.29, 1.82) is 0 Å². The van der Waals surface area contributed by atoms with Crippen LogP contribution in [-0.4, -0.2) is 82.9 Å². The monoisotopic (exact) mass is 557 g/mol. The van der Waals surface area contributed by atoms with Crippen LogP contribution in [0.2, 0.25) is 0 Å². The second-order valence-corrected chi connectivity index (χ2v) is 9.70. The van der Waals surface area contributed by atoms with Crippen molar-refractivity contribution in [3.8, 4) is 22.6 Å². The third-order valence-electron chi connectivity index (χ3n) is 6.65. The molecule has 1 heterocycles. The first-order valence-corrected chi connectivity index (χ1v) is 12.7. The average molecular weight is 558 g/mol. The quantitative estimate of drug-likeness (QED) is 0.193. The molecule has 5 atom stereocenters. The number of nitrogens with one attached hydrogen (secondary N) is 3. The van der Waals surface area contributed by atoms with Gasteiger partial charge < -0.3 is 47.5 Å². The molecule has 2 aromatic carbocycles. The third kappa shape index (κ3) is 7.46. The fourth-order valence-electron chi connectivity index (χ4n) is 4.32. The van der Waals surface area contributed by atoms with Crippen molar-refractivity contribution in [3.63, 3.8) is 0 Å². The van der Waals surface area contributed by atoms with E-state index in [0.717, 1.165) is 7.11 Å². The number of phenols is 2. The van der Waals surface area contributed by atoms with E-state index >= 15 is 0 Å². The number of phenolic OH excluding ortho intramolecular Hbond substituents is 2. The molecule has 0 aromatic heterocycles. The van der Waals surface area contributed by atoms with E-state index in [0.29, 0.717) is 22.3 Å². The highest BCUT2D eigenvalue weighted by Gasteiger charge is 2.32. The third-order valence-corrected chi connectivity index (χ3v) is 6.65. The molecule has 2 aromatic rings. The van der Waals surface area contributed by atoms with E-state index < -0.39 is 54.0 Å². The Balaban J connectivity index is 2.10. The number of carbonyl (C=O) groups excluding carboxylic acids is 4. The summed E-state index contributed by atoms with van der Waals surface area (Å²) in [6, 6.07) is 4.57. The van der Waals surface area contributed by atoms with Crippen LogP contribution in [0.15, 0.2) is 36.4 Å². The molecular formula is C27H35N5O8. The molecule has 0 fully saturated rings. The van der Waals surface area contributed by atoms with Crippen molar-refractivity contribution >= 4 is 23.7 Å². The van der Waals surface area contributed by atoms with Gasteiger partial charge in [-0.05, 0) is 53.4 Å². The maximum absolute atomic E-state index is 13.4. The maximum Gasteiger partial charge on any atom is 0.328 e. The van der Waals surface area contributed by atoms with E-state index in [1.54, 1.807) is 24.3 Å². The lowest BCUT2D eigenvalue weighted by molar-refractivity contribution is -0.144. The van der Waals surface area contributed by atoms with Crippen LogP contribution in [0.5, 0.6) is 11.5 Å². The molecule has 40 heavy (non-hydrogen) atoms. The van der Waals surface area contributed by atoms with Crippen molar-refractivity contribution in [2.24, 2.45) is 11.5 Å². The molecular weight excluding hydrogens is 522 g/mol. The molecule has 10 N–H and O–H groups in total. The number of esters is 1. The lowest BCUT2D eigenvalue weighted by atomic mass is 9.95. The van der Waals surface area contributed by atoms with Crippen LogP contribution in [0.25, 0.3) is 11.1 Å². The number of hydrogen-bond donors (Lipinski definition) is 8. The number of rotatable bonds is 6. The zero-order valence-corrected chi connectivity index (χ0v) is 22.2. The van der Waals surface area contributed by atoms with E-state index in [1.165, 1.54) is 19.1 Å². The van der Waals surface area contributed by atoms with Crippen LogP contribution in [-0.2, 0) is 36.8 Å². The number of nitrogens with two attached hydrogens (primary N) is 2. The van der Waals surface area contributed by atoms with Crippen molar-refractivity contribution < 1.29 is 39.2 Å². The average Bonchev–Trinajstić information content (AvgIpc) is 2.93. The second-order valence-electron chi connectivity index (χ2n) is 9.70. The van der Waals surface area contributed by atoms with Gasteiger partial charge in [-0.25, -0.2) is 4.79 Å². The number of methoxy groups -OCH3 is 1. The number of aliphatic hydroxyl groups is 1. The Morgan fingerprint density at radius 3 is 2.15 bits per heavy atom. The van der Waals surface area contributed by atoms with Gasteiger partial charge >= 0.3 is 5.97 Å². The number of benzene rings is 2. The van der Waals surface area contributed by atoms with Gasteiger partial charge in [0.15, 0.2) is 0 Å². The summed E-state index contributed by atoms with van der Waals surface area (Å²) in [5.41, 5.74) is 13.6. The first kappa shape index (κ1) is 30.3. The zero-order valence-electron chi connectivity index (χ0n) is 22.2. The number of aliphatic hydroxyl groups excluding tert-OH is 1. The van der Waals surface area contributed by atoms with Gasteiger partial charge in [0.1, 0.15) is 29.6 Å². The standard InChI is InChI=1S/C27H35N5O8/c1-13(27(39)40-2)30-25(37)20-10-17-8-15(4-6-23(17)35)14-3-5-22(34)16(7-14)9-19(29)24(36)31-21(26(38)32-20)11-18(33)12-28/h3-8,13,18-21,33-35H,9-12,28-29H2,1-2H3,(H,30,37)(H,31,36)(H,32,38)/t13-,18+,19-,20-,21-/m0/s1. The van der Waals surface area contributed by atoms with Crippen LogP contribution in [0.1, 0.15) is 24.5 Å². The van der Waals surface area contributed by atoms with Gasteiger partial charge in [-0.15, -0.1) is 0 Å². The zero-order chi connectivity index (χ0) is 29.6. The summed E-state index contributed by atoms with van der Waals surface area (Å²) in [6.45, 7) is 1.20. The van der Waals surface area contributed by atoms with Crippen LogP contribution in [0.3, 0.4) is 0 Å². The van der Waals surface area contributed by atoms with Crippen LogP contribution < -0.4 is 27.4 Å². The summed E-state index contributed by atoms with van der Waals surface area (Å²) < 4.78 is 4.65. The molecule has 13 nitrogen and oxygen atoms in total. The Labute approximate surface area is 230 Å². The maximum atomic E-state index is 13.4. The minimum Gasteiger partial charge on any atom is -0.508 e. The first-order chi connectivity index (χ1) is 18.9. The van der Waals surface area contributed by atoms with Gasteiger partial charge in [-0.1, -0.05) is 12.1 Å². The Morgan fingerprint density at radius 2 is 1.60 bits per heavy atom. The topological polar surface area (TPSA) is 226 Å². The van der Waals surface area contributed by atoms with Crippen LogP contribution >= 0.6 is 0 Å². The van der Waals surface area contributed by atoms with Crippen molar-refractivity contribution in [2.45, 2.75) is 56.5 Å². The number of amides is 3. The normalized spacial score (nSPS) is 21.1. The number of hydrogen-bond acceptors (Lipinski definition) is 10. The van der Waals surface area contributed by atoms with Gasteiger partial charge in [0, 0.05) is 25.8 Å². The number of carbonyl (C=O) groups is 4. The van der Waals surface area contributed by atoms with E-state index in [1.807, 2.05) is 0 Å². The fraction of sp³-hybridized carbons (Fsp3) is 0.407. The van der Waals surface area contributed by atoms with Gasteiger partial charge in [0.25, 0.3) is 0 Å². The minimum atomic E-state index is -1.34. The van der Waals surface area contributed by atoms with Gasteiger partial charge in [-0.3, -0.25) is 14.4 Å². The SMILES string of the molecule is COC(=O)[C@H](C)NC(=O)[C@@H]1Cc2cc(ccc2O)-c2ccc(O)c(c2)C[C@H](N)C(=O)N[C@@H](C[C@@H](O)CN)C(=O)N1. The fourth-order valence-corrected chi connectivity index (χ4v) is 4.32. The van der Waals surface area contributed by atoms with Gasteiger partial charge in [-0.2, -0.15) is 0 Å². The first-order valence-electron chi connectivity index (χ1n) is 12.7. The number of ether oxygens (including phenoxy) is 1. The minimum absolute atomic E-state index is 0.0688. The Bertz CT molecular complexity index is 1270. The molecule has 1 aliphatic rings. The predicted molar refractivity (Wildman–Crippen MR) is 144 cm³/mol. The summed E-state index contributed by atoms with van der Waals surface area (Å²) in [6.07, 6.45) is -1.71. The number of aromatic hydroxyl groups is 2. The summed E-state index contributed by atoms with van der Waals surface area (Å²) >= 11 is 0. The molecule has 0 aliphatic carbocycles. The van der Waals surface area contributed by atoms with Gasteiger partial charge in [0.05, 0.1) is 19.3 Å². The summed E-state index contributed by atoms with van der Waals surface area (Å²) in [7, 11) is 1.16. The molecule has 0 saturated heterocycles.